The van der Waals surface area contributed by atoms with Gasteiger partial charge in [0, 0.05) is 17.9 Å². The highest BCUT2D eigenvalue weighted by Gasteiger charge is 2.22. The minimum Gasteiger partial charge on any atom is -0.382 e. The van der Waals surface area contributed by atoms with Gasteiger partial charge in [-0.05, 0) is 43.2 Å². The maximum Gasteiger partial charge on any atom is 0.131 e. The number of halogens is 1. The predicted octanol–water partition coefficient (Wildman–Crippen LogP) is 4.75. The molecule has 1 fully saturated rings. The van der Waals surface area contributed by atoms with Gasteiger partial charge in [-0.25, -0.2) is 4.98 Å². The predicted molar refractivity (Wildman–Crippen MR) is 78.1 cm³/mol. The van der Waals surface area contributed by atoms with Gasteiger partial charge in [0.15, 0.2) is 0 Å². The average Bonchev–Trinajstić information content (AvgIpc) is 2.28. The molecule has 2 unspecified atom stereocenters. The van der Waals surface area contributed by atoms with Crippen molar-refractivity contribution in [3.63, 3.8) is 0 Å². The minimum absolute atomic E-state index is 0.564. The van der Waals surface area contributed by atoms with Crippen molar-refractivity contribution in [1.82, 2.24) is 4.98 Å². The molecule has 0 aromatic carbocycles. The molecular formula is C15H23ClN2. The molecule has 0 aliphatic heterocycles. The Labute approximate surface area is 115 Å². The lowest BCUT2D eigenvalue weighted by Gasteiger charge is -2.31. The second-order valence-corrected chi connectivity index (χ2v) is 6.26. The summed E-state index contributed by atoms with van der Waals surface area (Å²) in [5.74, 6) is 1.69. The molecule has 18 heavy (non-hydrogen) atoms. The molecule has 2 atom stereocenters. The number of rotatable bonds is 4. The molecule has 2 rings (SSSR count). The van der Waals surface area contributed by atoms with Gasteiger partial charge in [0.2, 0.25) is 0 Å². The molecule has 0 bridgehead atoms. The summed E-state index contributed by atoms with van der Waals surface area (Å²) in [6.07, 6.45) is 8.42. The second-order valence-electron chi connectivity index (χ2n) is 5.87. The zero-order valence-corrected chi connectivity index (χ0v) is 12.1. The lowest BCUT2D eigenvalue weighted by molar-refractivity contribution is 0.289. The van der Waals surface area contributed by atoms with Gasteiger partial charge in [-0.2, -0.15) is 0 Å². The van der Waals surface area contributed by atoms with Crippen LogP contribution in [0.3, 0.4) is 0 Å². The molecule has 1 saturated carbocycles. The quantitative estimate of drug-likeness (QED) is 0.796. The van der Waals surface area contributed by atoms with Crippen molar-refractivity contribution in [1.29, 1.82) is 0 Å². The van der Waals surface area contributed by atoms with Crippen molar-refractivity contribution >= 4 is 17.3 Å². The molecule has 1 aromatic heterocycles. The highest BCUT2D eigenvalue weighted by molar-refractivity contribution is 6.29. The van der Waals surface area contributed by atoms with Gasteiger partial charge in [-0.1, -0.05) is 38.3 Å². The van der Waals surface area contributed by atoms with E-state index < -0.39 is 0 Å². The summed E-state index contributed by atoms with van der Waals surface area (Å²) in [6, 6.07) is 4.51. The Morgan fingerprint density at radius 3 is 3.00 bits per heavy atom. The third kappa shape index (κ3) is 4.16. The Hall–Kier alpha value is -0.760. The highest BCUT2D eigenvalue weighted by atomic mass is 35.5. The second kappa shape index (κ2) is 6.42. The fraction of sp³-hybridized carbons (Fsp3) is 0.667. The zero-order chi connectivity index (χ0) is 13.0. The van der Waals surface area contributed by atoms with E-state index in [4.69, 9.17) is 11.6 Å². The van der Waals surface area contributed by atoms with Crippen molar-refractivity contribution < 1.29 is 0 Å². The zero-order valence-electron chi connectivity index (χ0n) is 11.3. The molecule has 1 heterocycles. The summed E-state index contributed by atoms with van der Waals surface area (Å²) >= 11 is 5.91. The first-order valence-electron chi connectivity index (χ1n) is 7.01. The molecule has 3 heteroatoms. The van der Waals surface area contributed by atoms with E-state index in [0.717, 1.165) is 17.5 Å². The third-order valence-corrected chi connectivity index (χ3v) is 3.89. The minimum atomic E-state index is 0.564. The molecule has 0 amide bonds. The van der Waals surface area contributed by atoms with E-state index in [1.54, 1.807) is 6.20 Å². The average molecular weight is 267 g/mol. The Morgan fingerprint density at radius 2 is 2.28 bits per heavy atom. The molecule has 1 N–H and O–H groups in total. The van der Waals surface area contributed by atoms with Crippen molar-refractivity contribution in [2.45, 2.75) is 52.0 Å². The summed E-state index contributed by atoms with van der Waals surface area (Å²) in [6.45, 7) is 4.64. The fourth-order valence-corrected chi connectivity index (χ4v) is 3.20. The van der Waals surface area contributed by atoms with E-state index in [2.05, 4.69) is 24.1 Å². The summed E-state index contributed by atoms with van der Waals surface area (Å²) in [4.78, 5) is 4.01. The number of aromatic nitrogens is 1. The molecule has 1 aromatic rings. The Balaban J connectivity index is 1.89. The van der Waals surface area contributed by atoms with Crippen LogP contribution >= 0.6 is 11.6 Å². The van der Waals surface area contributed by atoms with Crippen molar-refractivity contribution in [3.05, 3.63) is 23.5 Å². The van der Waals surface area contributed by atoms with Crippen LogP contribution in [0, 0.1) is 11.8 Å². The monoisotopic (exact) mass is 266 g/mol. The van der Waals surface area contributed by atoms with Gasteiger partial charge in [0.1, 0.15) is 5.15 Å². The summed E-state index contributed by atoms with van der Waals surface area (Å²) in [5, 5.41) is 4.16. The lowest BCUT2D eigenvalue weighted by Crippen LogP contribution is -2.27. The SMILES string of the molecule is CC(C)CC1CCCC(Nc2ccnc(Cl)c2)C1. The first-order chi connectivity index (χ1) is 8.63. The van der Waals surface area contributed by atoms with Crippen LogP contribution < -0.4 is 5.32 Å². The standard InChI is InChI=1S/C15H23ClN2/c1-11(2)8-12-4-3-5-13(9-12)18-14-6-7-17-15(16)10-14/h6-7,10-13H,3-5,8-9H2,1-2H3,(H,17,18). The van der Waals surface area contributed by atoms with E-state index >= 15 is 0 Å². The van der Waals surface area contributed by atoms with E-state index in [0.29, 0.717) is 11.2 Å². The van der Waals surface area contributed by atoms with E-state index in [1.165, 1.54) is 32.1 Å². The van der Waals surface area contributed by atoms with Crippen LogP contribution in [0.4, 0.5) is 5.69 Å². The van der Waals surface area contributed by atoms with Crippen molar-refractivity contribution in [2.24, 2.45) is 11.8 Å². The van der Waals surface area contributed by atoms with Crippen LogP contribution in [0.25, 0.3) is 0 Å². The Kier molecular flexibility index (Phi) is 4.87. The largest absolute Gasteiger partial charge is 0.382 e. The van der Waals surface area contributed by atoms with Gasteiger partial charge < -0.3 is 5.32 Å². The summed E-state index contributed by atoms with van der Waals surface area (Å²) in [7, 11) is 0. The lowest BCUT2D eigenvalue weighted by atomic mass is 9.81. The molecule has 0 spiro atoms. The number of pyridine rings is 1. The van der Waals surface area contributed by atoms with E-state index in [-0.39, 0.29) is 0 Å². The van der Waals surface area contributed by atoms with Gasteiger partial charge >= 0.3 is 0 Å². The summed E-state index contributed by atoms with van der Waals surface area (Å²) < 4.78 is 0. The van der Waals surface area contributed by atoms with Crippen LogP contribution in [0.5, 0.6) is 0 Å². The molecule has 2 nitrogen and oxygen atoms in total. The maximum atomic E-state index is 5.91. The van der Waals surface area contributed by atoms with E-state index in [9.17, 15) is 0 Å². The summed E-state index contributed by atoms with van der Waals surface area (Å²) in [5.41, 5.74) is 1.10. The molecule has 1 aliphatic rings. The molecule has 0 saturated heterocycles. The van der Waals surface area contributed by atoms with Crippen LogP contribution in [-0.2, 0) is 0 Å². The third-order valence-electron chi connectivity index (χ3n) is 3.68. The van der Waals surface area contributed by atoms with Crippen molar-refractivity contribution in [2.75, 3.05) is 5.32 Å². The first-order valence-corrected chi connectivity index (χ1v) is 7.39. The van der Waals surface area contributed by atoms with Crippen molar-refractivity contribution in [3.8, 4) is 0 Å². The molecule has 0 radical (unpaired) electrons. The smallest absolute Gasteiger partial charge is 0.131 e. The van der Waals surface area contributed by atoms with E-state index in [1.807, 2.05) is 12.1 Å². The van der Waals surface area contributed by atoms with Crippen LogP contribution in [0.2, 0.25) is 5.15 Å². The number of nitrogens with zero attached hydrogens (tertiary/aromatic N) is 1. The van der Waals surface area contributed by atoms with Gasteiger partial charge in [-0.15, -0.1) is 0 Å². The Morgan fingerprint density at radius 1 is 1.44 bits per heavy atom. The molecule has 1 aliphatic carbocycles. The van der Waals surface area contributed by atoms with Crippen LogP contribution in [0.1, 0.15) is 46.0 Å². The number of hydrogen-bond donors (Lipinski definition) is 1. The fourth-order valence-electron chi connectivity index (χ4n) is 3.03. The number of hydrogen-bond acceptors (Lipinski definition) is 2. The topological polar surface area (TPSA) is 24.9 Å². The number of anilines is 1. The number of nitrogens with one attached hydrogen (secondary N) is 1. The van der Waals surface area contributed by atoms with Gasteiger partial charge in [0.05, 0.1) is 0 Å². The Bertz CT molecular complexity index is 379. The highest BCUT2D eigenvalue weighted by Crippen LogP contribution is 2.31. The normalized spacial score (nSPS) is 24.2. The molecular weight excluding hydrogens is 244 g/mol. The first kappa shape index (κ1) is 13.7. The van der Waals surface area contributed by atoms with Gasteiger partial charge in [-0.3, -0.25) is 0 Å². The maximum absolute atomic E-state index is 5.91. The van der Waals surface area contributed by atoms with Crippen LogP contribution in [0.15, 0.2) is 18.3 Å². The van der Waals surface area contributed by atoms with Gasteiger partial charge in [0.25, 0.3) is 0 Å². The molecule has 100 valence electrons. The van der Waals surface area contributed by atoms with Crippen LogP contribution in [-0.4, -0.2) is 11.0 Å².